The van der Waals surface area contributed by atoms with Crippen LogP contribution in [-0.4, -0.2) is 49.4 Å². The normalized spacial score (nSPS) is 25.7. The predicted molar refractivity (Wildman–Crippen MR) is 112 cm³/mol. The number of nitrogens with two attached hydrogens (primary N) is 1. The second-order valence-corrected chi connectivity index (χ2v) is 10.9. The van der Waals surface area contributed by atoms with Crippen LogP contribution in [0.3, 0.4) is 0 Å². The van der Waals surface area contributed by atoms with Gasteiger partial charge in [-0.3, -0.25) is 4.79 Å². The minimum Gasteiger partial charge on any atom is -0.341 e. The Labute approximate surface area is 172 Å². The average molecular weight is 433 g/mol. The Morgan fingerprint density at radius 2 is 2.00 bits per heavy atom. The zero-order valence-corrected chi connectivity index (χ0v) is 18.3. The summed E-state index contributed by atoms with van der Waals surface area (Å²) < 4.78 is 25.0. The second kappa shape index (κ2) is 9.16. The third-order valence-corrected chi connectivity index (χ3v) is 8.80. The highest BCUT2D eigenvalue weighted by molar-refractivity contribution is 8.01. The zero-order valence-electron chi connectivity index (χ0n) is 15.8. The number of hydrogen-bond acceptors (Lipinski definition) is 5. The zero-order chi connectivity index (χ0) is 18.9. The first-order valence-corrected chi connectivity index (χ1v) is 11.9. The SMILES string of the molecule is CCCS(=O)(=O)c1ccccc1SC(C)C(=O)N1CC2CCC(N)C2C1.Cl. The van der Waals surface area contributed by atoms with Crippen LogP contribution < -0.4 is 5.73 Å². The lowest BCUT2D eigenvalue weighted by molar-refractivity contribution is -0.129. The molecule has 3 rings (SSSR count). The van der Waals surface area contributed by atoms with Crippen molar-refractivity contribution in [3.63, 3.8) is 0 Å². The van der Waals surface area contributed by atoms with E-state index in [9.17, 15) is 13.2 Å². The molecule has 2 aliphatic rings. The topological polar surface area (TPSA) is 80.5 Å². The van der Waals surface area contributed by atoms with Crippen molar-refractivity contribution in [3.8, 4) is 0 Å². The molecule has 0 bridgehead atoms. The number of fused-ring (bicyclic) bond motifs is 1. The lowest BCUT2D eigenvalue weighted by Crippen LogP contribution is -2.37. The molecule has 27 heavy (non-hydrogen) atoms. The molecule has 0 aromatic heterocycles. The molecule has 1 aliphatic heterocycles. The lowest BCUT2D eigenvalue weighted by atomic mass is 9.98. The molecule has 2 N–H and O–H groups in total. The summed E-state index contributed by atoms with van der Waals surface area (Å²) in [5.74, 6) is 1.16. The number of likely N-dealkylation sites (tertiary alicyclic amines) is 1. The van der Waals surface area contributed by atoms with Gasteiger partial charge < -0.3 is 10.6 Å². The van der Waals surface area contributed by atoms with Crippen molar-refractivity contribution in [1.29, 1.82) is 0 Å². The summed E-state index contributed by atoms with van der Waals surface area (Å²) in [5.41, 5.74) is 6.17. The smallest absolute Gasteiger partial charge is 0.235 e. The first kappa shape index (κ1) is 22.5. The van der Waals surface area contributed by atoms with E-state index in [-0.39, 0.29) is 35.4 Å². The maximum atomic E-state index is 12.9. The van der Waals surface area contributed by atoms with Crippen LogP contribution in [0.15, 0.2) is 34.1 Å². The van der Waals surface area contributed by atoms with E-state index >= 15 is 0 Å². The van der Waals surface area contributed by atoms with Crippen LogP contribution in [0.1, 0.15) is 33.1 Å². The van der Waals surface area contributed by atoms with Crippen LogP contribution >= 0.6 is 24.2 Å². The number of carbonyl (C=O) groups excluding carboxylic acids is 1. The maximum Gasteiger partial charge on any atom is 0.235 e. The number of rotatable bonds is 6. The molecular formula is C19H29ClN2O3S2. The Kier molecular flexibility index (Phi) is 7.64. The number of amides is 1. The molecule has 4 unspecified atom stereocenters. The first-order chi connectivity index (χ1) is 12.3. The summed E-state index contributed by atoms with van der Waals surface area (Å²) in [4.78, 5) is 15.8. The highest BCUT2D eigenvalue weighted by Crippen LogP contribution is 2.38. The van der Waals surface area contributed by atoms with Gasteiger partial charge in [0.25, 0.3) is 0 Å². The van der Waals surface area contributed by atoms with Gasteiger partial charge in [-0.2, -0.15) is 0 Å². The molecule has 8 heteroatoms. The molecule has 0 spiro atoms. The van der Waals surface area contributed by atoms with E-state index in [1.807, 2.05) is 24.8 Å². The Morgan fingerprint density at radius 1 is 1.30 bits per heavy atom. The summed E-state index contributed by atoms with van der Waals surface area (Å²) in [6, 6.07) is 7.21. The fourth-order valence-corrected chi connectivity index (χ4v) is 7.08. The molecule has 0 radical (unpaired) electrons. The summed E-state index contributed by atoms with van der Waals surface area (Å²) >= 11 is 1.35. The van der Waals surface area contributed by atoms with Gasteiger partial charge in [0.05, 0.1) is 15.9 Å². The summed E-state index contributed by atoms with van der Waals surface area (Å²) in [7, 11) is -3.31. The summed E-state index contributed by atoms with van der Waals surface area (Å²) in [6.07, 6.45) is 2.74. The van der Waals surface area contributed by atoms with Gasteiger partial charge in [0.15, 0.2) is 9.84 Å². The van der Waals surface area contributed by atoms with Crippen LogP contribution in [0.4, 0.5) is 0 Å². The minimum atomic E-state index is -3.31. The number of carbonyl (C=O) groups is 1. The third kappa shape index (κ3) is 4.81. The second-order valence-electron chi connectivity index (χ2n) is 7.43. The van der Waals surface area contributed by atoms with E-state index in [2.05, 4.69) is 0 Å². The van der Waals surface area contributed by atoms with Crippen molar-refractivity contribution in [1.82, 2.24) is 4.90 Å². The van der Waals surface area contributed by atoms with Crippen LogP contribution in [-0.2, 0) is 14.6 Å². The third-order valence-electron chi connectivity index (χ3n) is 5.53. The van der Waals surface area contributed by atoms with E-state index < -0.39 is 9.84 Å². The van der Waals surface area contributed by atoms with Crippen molar-refractivity contribution in [2.24, 2.45) is 17.6 Å². The van der Waals surface area contributed by atoms with Gasteiger partial charge in [0.2, 0.25) is 5.91 Å². The molecule has 1 heterocycles. The van der Waals surface area contributed by atoms with Gasteiger partial charge in [0, 0.05) is 24.0 Å². The molecule has 1 saturated heterocycles. The van der Waals surface area contributed by atoms with Gasteiger partial charge in [-0.15, -0.1) is 24.2 Å². The molecule has 1 amide bonds. The summed E-state index contributed by atoms with van der Waals surface area (Å²) in [5, 5.41) is -0.317. The van der Waals surface area contributed by atoms with Crippen LogP contribution in [0.25, 0.3) is 0 Å². The fraction of sp³-hybridized carbons (Fsp3) is 0.632. The van der Waals surface area contributed by atoms with Crippen molar-refractivity contribution < 1.29 is 13.2 Å². The quantitative estimate of drug-likeness (QED) is 0.699. The van der Waals surface area contributed by atoms with Crippen LogP contribution in [0.5, 0.6) is 0 Å². The molecule has 5 nitrogen and oxygen atoms in total. The van der Waals surface area contributed by atoms with E-state index in [1.54, 1.807) is 18.2 Å². The van der Waals surface area contributed by atoms with E-state index in [0.717, 1.165) is 25.9 Å². The van der Waals surface area contributed by atoms with Crippen molar-refractivity contribution in [2.75, 3.05) is 18.8 Å². The molecule has 1 aliphatic carbocycles. The molecule has 2 fully saturated rings. The lowest BCUT2D eigenvalue weighted by Gasteiger charge is -2.23. The van der Waals surface area contributed by atoms with Crippen LogP contribution in [0.2, 0.25) is 0 Å². The Morgan fingerprint density at radius 3 is 2.67 bits per heavy atom. The molecular weight excluding hydrogens is 404 g/mol. The van der Waals surface area contributed by atoms with Gasteiger partial charge in [0.1, 0.15) is 0 Å². The fourth-order valence-electron chi connectivity index (χ4n) is 4.17. The highest BCUT2D eigenvalue weighted by atomic mass is 35.5. The van der Waals surface area contributed by atoms with Gasteiger partial charge >= 0.3 is 0 Å². The predicted octanol–water partition coefficient (Wildman–Crippen LogP) is 2.97. The number of sulfone groups is 1. The van der Waals surface area contributed by atoms with E-state index in [1.165, 1.54) is 11.8 Å². The van der Waals surface area contributed by atoms with E-state index in [0.29, 0.717) is 28.0 Å². The molecule has 1 aromatic rings. The van der Waals surface area contributed by atoms with Gasteiger partial charge in [-0.25, -0.2) is 8.42 Å². The largest absolute Gasteiger partial charge is 0.341 e. The van der Waals surface area contributed by atoms with Crippen molar-refractivity contribution >= 4 is 39.9 Å². The highest BCUT2D eigenvalue weighted by Gasteiger charge is 2.43. The number of benzene rings is 1. The number of hydrogen-bond donors (Lipinski definition) is 1. The Balaban J connectivity index is 0.00000261. The number of nitrogens with zero attached hydrogens (tertiary/aromatic N) is 1. The standard InChI is InChI=1S/C19H28N2O3S2.ClH/c1-3-10-26(23,24)18-7-5-4-6-17(18)25-13(2)19(22)21-11-14-8-9-16(20)15(14)12-21;/h4-7,13-16H,3,8-12,20H2,1-2H3;1H. The Bertz CT molecular complexity index is 772. The molecule has 1 saturated carbocycles. The van der Waals surface area contributed by atoms with Gasteiger partial charge in [-0.05, 0) is 50.2 Å². The van der Waals surface area contributed by atoms with Crippen molar-refractivity contribution in [2.45, 2.75) is 54.2 Å². The molecule has 152 valence electrons. The molecule has 1 aromatic carbocycles. The van der Waals surface area contributed by atoms with Crippen molar-refractivity contribution in [3.05, 3.63) is 24.3 Å². The number of halogens is 1. The average Bonchev–Trinajstić information content (AvgIpc) is 3.17. The summed E-state index contributed by atoms with van der Waals surface area (Å²) in [6.45, 7) is 5.25. The van der Waals surface area contributed by atoms with E-state index in [4.69, 9.17) is 5.73 Å². The first-order valence-electron chi connectivity index (χ1n) is 9.36. The van der Waals surface area contributed by atoms with Crippen LogP contribution in [0, 0.1) is 11.8 Å². The molecule has 4 atom stereocenters. The number of thioether (sulfide) groups is 1. The van der Waals surface area contributed by atoms with Gasteiger partial charge in [-0.1, -0.05) is 19.1 Å². The monoisotopic (exact) mass is 432 g/mol. The maximum absolute atomic E-state index is 12.9. The minimum absolute atomic E-state index is 0. The Hall–Kier alpha value is -0.760.